The Labute approximate surface area is 223 Å². The zero-order valence-corrected chi connectivity index (χ0v) is 22.1. The van der Waals surface area contributed by atoms with Gasteiger partial charge in [0.05, 0.1) is 22.9 Å². The number of hydrogen-bond acceptors (Lipinski definition) is 7. The first-order valence-electron chi connectivity index (χ1n) is 12.9. The van der Waals surface area contributed by atoms with E-state index in [9.17, 15) is 10.1 Å². The Balaban J connectivity index is 1.70. The van der Waals surface area contributed by atoms with E-state index < -0.39 is 0 Å². The molecule has 4 heterocycles. The monoisotopic (exact) mass is 508 g/mol. The number of allylic oxidation sites excluding steroid dienone is 4. The maximum absolute atomic E-state index is 12.1. The van der Waals surface area contributed by atoms with Gasteiger partial charge in [-0.3, -0.25) is 9.20 Å². The molecule has 1 fully saturated rings. The van der Waals surface area contributed by atoms with Crippen molar-refractivity contribution in [2.45, 2.75) is 38.6 Å². The van der Waals surface area contributed by atoms with E-state index in [-0.39, 0.29) is 5.97 Å². The number of carbonyl (C=O) groups is 1. The molecule has 0 bridgehead atoms. The molecular formula is C30H32N6O2. The fourth-order valence-electron chi connectivity index (χ4n) is 5.15. The summed E-state index contributed by atoms with van der Waals surface area (Å²) in [6.45, 7) is 7.84. The highest BCUT2D eigenvalue weighted by Gasteiger charge is 2.27. The molecule has 194 valence electrons. The average molecular weight is 509 g/mol. The largest absolute Gasteiger partial charge is 0.427 e. The van der Waals surface area contributed by atoms with Crippen LogP contribution < -0.4 is 4.90 Å². The minimum atomic E-state index is -0.238. The SMILES string of the molecule is C=C/C(=C\C1=C(C)CCC(=O)O1)c1c(-c2ccc(C#N)cc2)nc(N2CCC(N(C)C)CC2)n2ccnc12. The second kappa shape index (κ2) is 10.6. The fourth-order valence-corrected chi connectivity index (χ4v) is 5.15. The second-order valence-corrected chi connectivity index (χ2v) is 10.0. The molecule has 0 atom stereocenters. The van der Waals surface area contributed by atoms with Gasteiger partial charge in [0.15, 0.2) is 0 Å². The highest BCUT2D eigenvalue weighted by Crippen LogP contribution is 2.36. The Morgan fingerprint density at radius 1 is 1.21 bits per heavy atom. The quantitative estimate of drug-likeness (QED) is 0.343. The van der Waals surface area contributed by atoms with Gasteiger partial charge in [-0.05, 0) is 69.6 Å². The maximum Gasteiger partial charge on any atom is 0.311 e. The van der Waals surface area contributed by atoms with E-state index in [0.29, 0.717) is 30.2 Å². The first kappa shape index (κ1) is 25.4. The van der Waals surface area contributed by atoms with Gasteiger partial charge in [-0.1, -0.05) is 24.8 Å². The third-order valence-electron chi connectivity index (χ3n) is 7.44. The highest BCUT2D eigenvalue weighted by molar-refractivity contribution is 5.92. The lowest BCUT2D eigenvalue weighted by molar-refractivity contribution is -0.140. The summed E-state index contributed by atoms with van der Waals surface area (Å²) in [4.78, 5) is 26.6. The molecule has 8 heteroatoms. The van der Waals surface area contributed by atoms with Crippen molar-refractivity contribution in [1.29, 1.82) is 5.26 Å². The Hall–Kier alpha value is -4.22. The lowest BCUT2D eigenvalue weighted by atomic mass is 9.97. The number of carbonyl (C=O) groups excluding carboxylic acids is 1. The average Bonchev–Trinajstić information content (AvgIpc) is 3.43. The normalized spacial score (nSPS) is 17.2. The third-order valence-corrected chi connectivity index (χ3v) is 7.44. The van der Waals surface area contributed by atoms with Crippen LogP contribution in [0.25, 0.3) is 22.5 Å². The minimum absolute atomic E-state index is 0.238. The number of rotatable bonds is 6. The lowest BCUT2D eigenvalue weighted by Crippen LogP contribution is -2.43. The number of fused-ring (bicyclic) bond motifs is 1. The molecule has 0 N–H and O–H groups in total. The number of imidazole rings is 1. The van der Waals surface area contributed by atoms with Crippen molar-refractivity contribution in [1.82, 2.24) is 19.3 Å². The van der Waals surface area contributed by atoms with Gasteiger partial charge in [-0.2, -0.15) is 5.26 Å². The smallest absolute Gasteiger partial charge is 0.311 e. The first-order chi connectivity index (χ1) is 18.4. The van der Waals surface area contributed by atoms with Crippen LogP contribution in [0.3, 0.4) is 0 Å². The second-order valence-electron chi connectivity index (χ2n) is 10.0. The molecule has 8 nitrogen and oxygen atoms in total. The summed E-state index contributed by atoms with van der Waals surface area (Å²) in [5.74, 6) is 1.14. The molecule has 0 unspecified atom stereocenters. The summed E-state index contributed by atoms with van der Waals surface area (Å²) in [6, 6.07) is 10.2. The molecule has 1 saturated heterocycles. The number of hydrogen-bond donors (Lipinski definition) is 0. The highest BCUT2D eigenvalue weighted by atomic mass is 16.5. The third kappa shape index (κ3) is 4.85. The summed E-state index contributed by atoms with van der Waals surface area (Å²) in [7, 11) is 4.27. The van der Waals surface area contributed by atoms with Gasteiger partial charge >= 0.3 is 5.97 Å². The molecule has 0 spiro atoms. The van der Waals surface area contributed by atoms with E-state index in [1.54, 1.807) is 24.4 Å². The molecule has 38 heavy (non-hydrogen) atoms. The van der Waals surface area contributed by atoms with Gasteiger partial charge in [-0.15, -0.1) is 0 Å². The van der Waals surface area contributed by atoms with Gasteiger partial charge in [0, 0.05) is 43.5 Å². The first-order valence-corrected chi connectivity index (χ1v) is 12.9. The number of cyclic esters (lactones) is 1. The van der Waals surface area contributed by atoms with E-state index in [4.69, 9.17) is 14.7 Å². The number of esters is 1. The van der Waals surface area contributed by atoms with Gasteiger partial charge in [0.2, 0.25) is 5.95 Å². The molecule has 0 amide bonds. The van der Waals surface area contributed by atoms with Gasteiger partial charge in [0.25, 0.3) is 0 Å². The standard InChI is InChI=1S/C30H32N6O2/c1-5-22(18-25-20(2)6-11-26(37)38-25)27-28(23-9-7-21(19-31)8-10-23)33-30(36-17-14-32-29(27)36)35-15-12-24(13-16-35)34(3)4/h5,7-10,14,17-18,24H,1,6,11-13,15-16H2,2-4H3/b22-18+. The number of nitrogens with zero attached hydrogens (tertiary/aromatic N) is 6. The van der Waals surface area contributed by atoms with Crippen molar-refractivity contribution >= 4 is 23.1 Å². The van der Waals surface area contributed by atoms with Crippen molar-refractivity contribution < 1.29 is 9.53 Å². The van der Waals surface area contributed by atoms with Gasteiger partial charge in [0.1, 0.15) is 11.4 Å². The Kier molecular flexibility index (Phi) is 7.12. The van der Waals surface area contributed by atoms with E-state index >= 15 is 0 Å². The van der Waals surface area contributed by atoms with Crippen LogP contribution in [-0.2, 0) is 9.53 Å². The van der Waals surface area contributed by atoms with Crippen LogP contribution in [0.1, 0.15) is 43.7 Å². The van der Waals surface area contributed by atoms with Gasteiger partial charge < -0.3 is 14.5 Å². The Morgan fingerprint density at radius 3 is 2.61 bits per heavy atom. The van der Waals surface area contributed by atoms with E-state index in [2.05, 4.69) is 36.5 Å². The molecular weight excluding hydrogens is 476 g/mol. The minimum Gasteiger partial charge on any atom is -0.427 e. The molecule has 2 aromatic heterocycles. The molecule has 0 aliphatic carbocycles. The summed E-state index contributed by atoms with van der Waals surface area (Å²) in [5, 5.41) is 9.34. The molecule has 2 aliphatic heterocycles. The van der Waals surface area contributed by atoms with Crippen LogP contribution in [-0.4, -0.2) is 58.5 Å². The molecule has 3 aromatic rings. The van der Waals surface area contributed by atoms with Crippen molar-refractivity contribution in [2.75, 3.05) is 32.1 Å². The van der Waals surface area contributed by atoms with Crippen LogP contribution in [0.15, 0.2) is 66.7 Å². The lowest BCUT2D eigenvalue weighted by Gasteiger charge is -2.36. The summed E-state index contributed by atoms with van der Waals surface area (Å²) in [5.41, 5.74) is 5.50. The van der Waals surface area contributed by atoms with Gasteiger partial charge in [-0.25, -0.2) is 9.97 Å². The molecule has 1 aromatic carbocycles. The van der Waals surface area contributed by atoms with Crippen molar-refractivity contribution in [3.05, 3.63) is 77.8 Å². The zero-order valence-electron chi connectivity index (χ0n) is 22.1. The van der Waals surface area contributed by atoms with E-state index in [0.717, 1.165) is 65.5 Å². The predicted molar refractivity (Wildman–Crippen MR) is 148 cm³/mol. The van der Waals surface area contributed by atoms with Crippen LogP contribution in [0.4, 0.5) is 5.95 Å². The topological polar surface area (TPSA) is 86.8 Å². The van der Waals surface area contributed by atoms with E-state index in [1.807, 2.05) is 35.7 Å². The predicted octanol–water partition coefficient (Wildman–Crippen LogP) is 4.98. The summed E-state index contributed by atoms with van der Waals surface area (Å²) in [6.07, 6.45) is 10.5. The Morgan fingerprint density at radius 2 is 1.95 bits per heavy atom. The number of nitriles is 1. The van der Waals surface area contributed by atoms with Crippen molar-refractivity contribution in [3.8, 4) is 17.3 Å². The summed E-state index contributed by atoms with van der Waals surface area (Å²) < 4.78 is 7.62. The van der Waals surface area contributed by atoms with Crippen molar-refractivity contribution in [2.24, 2.45) is 0 Å². The number of anilines is 1. The molecule has 0 saturated carbocycles. The molecule has 2 aliphatic rings. The number of aromatic nitrogens is 3. The Bertz CT molecular complexity index is 1480. The number of benzene rings is 1. The molecule has 0 radical (unpaired) electrons. The number of piperidine rings is 1. The maximum atomic E-state index is 12.1. The van der Waals surface area contributed by atoms with Crippen LogP contribution >= 0.6 is 0 Å². The summed E-state index contributed by atoms with van der Waals surface area (Å²) >= 11 is 0. The molecule has 5 rings (SSSR count). The van der Waals surface area contributed by atoms with E-state index in [1.165, 1.54) is 0 Å². The van der Waals surface area contributed by atoms with Crippen LogP contribution in [0.2, 0.25) is 0 Å². The fraction of sp³-hybridized carbons (Fsp3) is 0.333. The van der Waals surface area contributed by atoms with Crippen LogP contribution in [0, 0.1) is 11.3 Å². The number of ether oxygens (including phenoxy) is 1. The van der Waals surface area contributed by atoms with Crippen LogP contribution in [0.5, 0.6) is 0 Å². The van der Waals surface area contributed by atoms with Crippen molar-refractivity contribution in [3.63, 3.8) is 0 Å². The zero-order chi connectivity index (χ0) is 26.8.